The highest BCUT2D eigenvalue weighted by atomic mass is 19.1. The van der Waals surface area contributed by atoms with Crippen molar-refractivity contribution in [1.29, 1.82) is 0 Å². The second-order valence-corrected chi connectivity index (χ2v) is 3.65. The van der Waals surface area contributed by atoms with Crippen LogP contribution in [0, 0.1) is 12.7 Å². The average Bonchev–Trinajstić information content (AvgIpc) is 2.84. The van der Waals surface area contributed by atoms with E-state index >= 15 is 0 Å². The number of hydrogen-bond acceptors (Lipinski definition) is 2. The molecule has 1 aromatic carbocycles. The minimum absolute atomic E-state index is 0.329. The summed E-state index contributed by atoms with van der Waals surface area (Å²) < 4.78 is 18.7. The molecule has 2 heterocycles. The van der Waals surface area contributed by atoms with E-state index in [9.17, 15) is 4.39 Å². The minimum Gasteiger partial charge on any atom is -0.461 e. The number of aromatic nitrogens is 2. The Labute approximate surface area is 90.9 Å². The van der Waals surface area contributed by atoms with Gasteiger partial charge in [0.15, 0.2) is 17.4 Å². The van der Waals surface area contributed by atoms with E-state index in [1.165, 1.54) is 6.07 Å². The summed E-state index contributed by atoms with van der Waals surface area (Å²) in [5.41, 5.74) is 1.98. The van der Waals surface area contributed by atoms with Crippen molar-refractivity contribution >= 4 is 11.0 Å². The van der Waals surface area contributed by atoms with Crippen LogP contribution >= 0.6 is 0 Å². The molecule has 3 aromatic rings. The Hall–Kier alpha value is -2.10. The van der Waals surface area contributed by atoms with Gasteiger partial charge in [0.1, 0.15) is 5.52 Å². The first-order chi connectivity index (χ1) is 7.75. The van der Waals surface area contributed by atoms with Gasteiger partial charge in [-0.2, -0.15) is 0 Å². The summed E-state index contributed by atoms with van der Waals surface area (Å²) in [6.45, 7) is 1.92. The number of furan rings is 1. The number of halogens is 1. The largest absolute Gasteiger partial charge is 0.461 e. The van der Waals surface area contributed by atoms with Crippen LogP contribution < -0.4 is 0 Å². The van der Waals surface area contributed by atoms with Gasteiger partial charge in [-0.15, -0.1) is 0 Å². The molecule has 80 valence electrons. The fourth-order valence-electron chi connectivity index (χ4n) is 1.72. The number of nitrogens with zero attached hydrogens (tertiary/aromatic N) is 1. The summed E-state index contributed by atoms with van der Waals surface area (Å²) in [4.78, 5) is 7.23. The molecule has 0 fully saturated rings. The summed E-state index contributed by atoms with van der Waals surface area (Å²) >= 11 is 0. The second kappa shape index (κ2) is 3.20. The van der Waals surface area contributed by atoms with E-state index in [1.807, 2.05) is 13.0 Å². The normalized spacial score (nSPS) is 11.1. The number of fused-ring (bicyclic) bond motifs is 1. The quantitative estimate of drug-likeness (QED) is 0.678. The lowest BCUT2D eigenvalue weighted by Gasteiger charge is -1.90. The molecule has 4 heteroatoms. The van der Waals surface area contributed by atoms with Crippen LogP contribution in [-0.2, 0) is 0 Å². The minimum atomic E-state index is -0.329. The number of imidazole rings is 1. The van der Waals surface area contributed by atoms with Crippen LogP contribution in [0.15, 0.2) is 34.9 Å². The van der Waals surface area contributed by atoms with Gasteiger partial charge < -0.3 is 9.40 Å². The number of hydrogen-bond donors (Lipinski definition) is 1. The van der Waals surface area contributed by atoms with Crippen molar-refractivity contribution in [1.82, 2.24) is 9.97 Å². The zero-order valence-electron chi connectivity index (χ0n) is 8.62. The summed E-state index contributed by atoms with van der Waals surface area (Å²) in [5, 5.41) is 0. The third-order valence-corrected chi connectivity index (χ3v) is 2.54. The monoisotopic (exact) mass is 216 g/mol. The average molecular weight is 216 g/mol. The van der Waals surface area contributed by atoms with Crippen molar-refractivity contribution < 1.29 is 8.81 Å². The first kappa shape index (κ1) is 9.15. The number of aryl methyl sites for hydroxylation is 1. The van der Waals surface area contributed by atoms with Gasteiger partial charge in [-0.3, -0.25) is 0 Å². The molecule has 0 aliphatic heterocycles. The van der Waals surface area contributed by atoms with E-state index in [0.29, 0.717) is 22.6 Å². The highest BCUT2D eigenvalue weighted by Gasteiger charge is 2.12. The van der Waals surface area contributed by atoms with Crippen molar-refractivity contribution in [3.05, 3.63) is 41.9 Å². The van der Waals surface area contributed by atoms with Crippen LogP contribution in [0.25, 0.3) is 22.6 Å². The Morgan fingerprint density at radius 3 is 2.88 bits per heavy atom. The zero-order chi connectivity index (χ0) is 11.1. The number of nitrogens with one attached hydrogen (secondary N) is 1. The summed E-state index contributed by atoms with van der Waals surface area (Å²) in [6.07, 6.45) is 1.59. The Morgan fingerprint density at radius 1 is 1.31 bits per heavy atom. The number of benzene rings is 1. The van der Waals surface area contributed by atoms with Gasteiger partial charge in [0.05, 0.1) is 11.8 Å². The third kappa shape index (κ3) is 1.23. The van der Waals surface area contributed by atoms with Gasteiger partial charge >= 0.3 is 0 Å². The number of para-hydroxylation sites is 1. The number of H-pyrrole nitrogens is 1. The maximum Gasteiger partial charge on any atom is 0.174 e. The van der Waals surface area contributed by atoms with Crippen LogP contribution in [0.2, 0.25) is 0 Å². The molecule has 0 saturated carbocycles. The van der Waals surface area contributed by atoms with E-state index in [1.54, 1.807) is 18.4 Å². The van der Waals surface area contributed by atoms with E-state index in [4.69, 9.17) is 4.42 Å². The van der Waals surface area contributed by atoms with Crippen LogP contribution in [0.3, 0.4) is 0 Å². The molecule has 3 rings (SSSR count). The summed E-state index contributed by atoms with van der Waals surface area (Å²) in [6, 6.07) is 6.67. The standard InChI is InChI=1S/C12H9FN2O/c1-7-5-6-16-11(7)12-14-9-4-2-3-8(13)10(9)15-12/h2-6H,1H3,(H,14,15). The predicted octanol–water partition coefficient (Wildman–Crippen LogP) is 3.27. The van der Waals surface area contributed by atoms with E-state index < -0.39 is 0 Å². The van der Waals surface area contributed by atoms with E-state index in [2.05, 4.69) is 9.97 Å². The molecule has 0 unspecified atom stereocenters. The fraction of sp³-hybridized carbons (Fsp3) is 0.0833. The molecule has 0 spiro atoms. The predicted molar refractivity (Wildman–Crippen MR) is 58.5 cm³/mol. The van der Waals surface area contributed by atoms with Crippen molar-refractivity contribution in [2.75, 3.05) is 0 Å². The van der Waals surface area contributed by atoms with Gasteiger partial charge in [0.2, 0.25) is 0 Å². The molecule has 3 nitrogen and oxygen atoms in total. The molecule has 0 aliphatic rings. The first-order valence-corrected chi connectivity index (χ1v) is 4.94. The van der Waals surface area contributed by atoms with Gasteiger partial charge in [0.25, 0.3) is 0 Å². The number of aromatic amines is 1. The van der Waals surface area contributed by atoms with Gasteiger partial charge in [-0.05, 0) is 30.7 Å². The number of rotatable bonds is 1. The zero-order valence-corrected chi connectivity index (χ0v) is 8.62. The molecule has 1 N–H and O–H groups in total. The van der Waals surface area contributed by atoms with Crippen LogP contribution in [0.1, 0.15) is 5.56 Å². The molecule has 0 atom stereocenters. The van der Waals surface area contributed by atoms with E-state index in [-0.39, 0.29) is 5.82 Å². The van der Waals surface area contributed by atoms with Crippen molar-refractivity contribution in [2.24, 2.45) is 0 Å². The van der Waals surface area contributed by atoms with Crippen molar-refractivity contribution in [3.8, 4) is 11.6 Å². The smallest absolute Gasteiger partial charge is 0.174 e. The molecule has 0 radical (unpaired) electrons. The lowest BCUT2D eigenvalue weighted by Crippen LogP contribution is -1.79. The van der Waals surface area contributed by atoms with Crippen molar-refractivity contribution in [2.45, 2.75) is 6.92 Å². The molecule has 0 saturated heterocycles. The Kier molecular flexibility index (Phi) is 1.83. The Bertz CT molecular complexity index is 654. The molecule has 16 heavy (non-hydrogen) atoms. The molecular weight excluding hydrogens is 207 g/mol. The maximum absolute atomic E-state index is 13.4. The fourth-order valence-corrected chi connectivity index (χ4v) is 1.72. The van der Waals surface area contributed by atoms with Crippen LogP contribution in [0.4, 0.5) is 4.39 Å². The Balaban J connectivity index is 2.27. The van der Waals surface area contributed by atoms with Crippen molar-refractivity contribution in [3.63, 3.8) is 0 Å². The Morgan fingerprint density at radius 2 is 2.19 bits per heavy atom. The molecule has 0 amide bonds. The second-order valence-electron chi connectivity index (χ2n) is 3.65. The van der Waals surface area contributed by atoms with Crippen LogP contribution in [-0.4, -0.2) is 9.97 Å². The van der Waals surface area contributed by atoms with Gasteiger partial charge in [0, 0.05) is 0 Å². The summed E-state index contributed by atoms with van der Waals surface area (Å²) in [5.74, 6) is 0.877. The molecular formula is C12H9FN2O. The van der Waals surface area contributed by atoms with Crippen LogP contribution in [0.5, 0.6) is 0 Å². The van der Waals surface area contributed by atoms with Gasteiger partial charge in [-0.25, -0.2) is 9.37 Å². The highest BCUT2D eigenvalue weighted by Crippen LogP contribution is 2.25. The SMILES string of the molecule is Cc1ccoc1-c1nc2c(F)cccc2[nH]1. The highest BCUT2D eigenvalue weighted by molar-refractivity contribution is 5.79. The topological polar surface area (TPSA) is 41.8 Å². The molecule has 0 aliphatic carbocycles. The molecule has 2 aromatic heterocycles. The molecule has 0 bridgehead atoms. The first-order valence-electron chi connectivity index (χ1n) is 4.94. The lowest BCUT2D eigenvalue weighted by atomic mass is 10.3. The van der Waals surface area contributed by atoms with E-state index in [0.717, 1.165) is 5.56 Å². The summed E-state index contributed by atoms with van der Waals surface area (Å²) in [7, 11) is 0. The third-order valence-electron chi connectivity index (χ3n) is 2.54. The lowest BCUT2D eigenvalue weighted by molar-refractivity contribution is 0.576. The maximum atomic E-state index is 13.4. The van der Waals surface area contributed by atoms with Gasteiger partial charge in [-0.1, -0.05) is 6.07 Å².